The molecule has 0 amide bonds. The van der Waals surface area contributed by atoms with E-state index in [1.807, 2.05) is 0 Å². The number of likely N-dealkylation sites (tertiary alicyclic amines) is 1. The Morgan fingerprint density at radius 1 is 1.18 bits per heavy atom. The maximum atomic E-state index is 5.49. The number of ether oxygens (including phenoxy) is 1. The van der Waals surface area contributed by atoms with Crippen LogP contribution in [0.25, 0.3) is 0 Å². The second kappa shape index (κ2) is 6.91. The molecule has 3 aliphatic rings. The molecule has 22 heavy (non-hydrogen) atoms. The fourth-order valence-electron chi connectivity index (χ4n) is 4.64. The van der Waals surface area contributed by atoms with Gasteiger partial charge < -0.3 is 4.74 Å². The molecule has 1 saturated carbocycles. The van der Waals surface area contributed by atoms with Gasteiger partial charge in [0.05, 0.1) is 18.9 Å². The van der Waals surface area contributed by atoms with Crippen molar-refractivity contribution in [1.82, 2.24) is 19.4 Å². The van der Waals surface area contributed by atoms with Crippen LogP contribution in [0, 0.1) is 17.8 Å². The smallest absolute Gasteiger partial charge is 0.0895 e. The third-order valence-corrected chi connectivity index (χ3v) is 6.26. The molecule has 0 spiro atoms. The molecule has 4 rings (SSSR count). The molecule has 6 heteroatoms. The van der Waals surface area contributed by atoms with Gasteiger partial charge in [-0.05, 0) is 42.1 Å². The zero-order chi connectivity index (χ0) is 14.8. The van der Waals surface area contributed by atoms with E-state index in [0.29, 0.717) is 0 Å². The Balaban J connectivity index is 1.36. The Hall–Kier alpha value is -0.560. The zero-order valence-corrected chi connectivity index (χ0v) is 14.0. The highest BCUT2D eigenvalue weighted by Crippen LogP contribution is 2.40. The van der Waals surface area contributed by atoms with Crippen LogP contribution in [0.4, 0.5) is 0 Å². The summed E-state index contributed by atoms with van der Waals surface area (Å²) in [6.45, 7) is 8.90. The molecule has 2 aliphatic heterocycles. The van der Waals surface area contributed by atoms with Crippen LogP contribution < -0.4 is 0 Å². The van der Waals surface area contributed by atoms with Gasteiger partial charge in [0, 0.05) is 44.6 Å². The fourth-order valence-corrected chi connectivity index (χ4v) is 5.08. The molecule has 0 unspecified atom stereocenters. The molecule has 1 aromatic rings. The first-order valence-electron chi connectivity index (χ1n) is 8.67. The summed E-state index contributed by atoms with van der Waals surface area (Å²) in [4.78, 5) is 5.24. The van der Waals surface area contributed by atoms with Crippen molar-refractivity contribution < 1.29 is 4.74 Å². The average Bonchev–Trinajstić information content (AvgIpc) is 3.18. The second-order valence-electron chi connectivity index (χ2n) is 7.12. The summed E-state index contributed by atoms with van der Waals surface area (Å²) >= 11 is 1.47. The van der Waals surface area contributed by atoms with Gasteiger partial charge in [-0.2, -0.15) is 0 Å². The van der Waals surface area contributed by atoms with Crippen LogP contribution >= 0.6 is 11.5 Å². The van der Waals surface area contributed by atoms with Crippen LogP contribution in [-0.2, 0) is 11.3 Å². The lowest BCUT2D eigenvalue weighted by Crippen LogP contribution is -2.43. The van der Waals surface area contributed by atoms with Gasteiger partial charge in [-0.3, -0.25) is 9.80 Å². The maximum Gasteiger partial charge on any atom is 0.0895 e. The topological polar surface area (TPSA) is 41.5 Å². The first kappa shape index (κ1) is 15.0. The molecule has 2 saturated heterocycles. The minimum atomic E-state index is 0.885. The van der Waals surface area contributed by atoms with E-state index in [-0.39, 0.29) is 0 Å². The maximum absolute atomic E-state index is 5.49. The molecule has 0 bridgehead atoms. The molecule has 5 nitrogen and oxygen atoms in total. The van der Waals surface area contributed by atoms with Crippen molar-refractivity contribution in [2.45, 2.75) is 25.8 Å². The van der Waals surface area contributed by atoms with Crippen LogP contribution in [-0.4, -0.2) is 65.3 Å². The number of rotatable bonds is 4. The molecule has 0 N–H and O–H groups in total. The van der Waals surface area contributed by atoms with Crippen molar-refractivity contribution in [3.05, 3.63) is 11.1 Å². The minimum Gasteiger partial charge on any atom is -0.379 e. The standard InChI is InChI=1S/C16H26N4OS/c1-2-13(8-19-4-6-21-7-5-19)16-11-20(9-14(16)3-1)10-15-12-22-18-17-15/h12-14,16H,1-11H2/t13-,14+,16+/m1/s1. The number of fused-ring (bicyclic) bond motifs is 1. The number of aromatic nitrogens is 2. The lowest BCUT2D eigenvalue weighted by Gasteiger charge is -2.37. The molecule has 1 aliphatic carbocycles. The highest BCUT2D eigenvalue weighted by Gasteiger charge is 2.40. The summed E-state index contributed by atoms with van der Waals surface area (Å²) in [7, 11) is 0. The highest BCUT2D eigenvalue weighted by molar-refractivity contribution is 7.03. The van der Waals surface area contributed by atoms with Crippen molar-refractivity contribution in [2.24, 2.45) is 17.8 Å². The highest BCUT2D eigenvalue weighted by atomic mass is 32.1. The zero-order valence-electron chi connectivity index (χ0n) is 13.2. The van der Waals surface area contributed by atoms with E-state index < -0.39 is 0 Å². The third kappa shape index (κ3) is 3.35. The Labute approximate surface area is 136 Å². The van der Waals surface area contributed by atoms with E-state index in [4.69, 9.17) is 4.74 Å². The van der Waals surface area contributed by atoms with E-state index in [9.17, 15) is 0 Å². The molecular weight excluding hydrogens is 296 g/mol. The molecule has 3 heterocycles. The largest absolute Gasteiger partial charge is 0.379 e. The lowest BCUT2D eigenvalue weighted by atomic mass is 9.73. The summed E-state index contributed by atoms with van der Waals surface area (Å²) in [5.41, 5.74) is 1.15. The van der Waals surface area contributed by atoms with Crippen molar-refractivity contribution in [2.75, 3.05) is 45.9 Å². The van der Waals surface area contributed by atoms with Crippen LogP contribution in [0.5, 0.6) is 0 Å². The summed E-state index contributed by atoms with van der Waals surface area (Å²) < 4.78 is 9.48. The monoisotopic (exact) mass is 322 g/mol. The molecule has 1 aromatic heterocycles. The summed E-state index contributed by atoms with van der Waals surface area (Å²) in [5.74, 6) is 2.69. The van der Waals surface area contributed by atoms with E-state index in [1.54, 1.807) is 0 Å². The van der Waals surface area contributed by atoms with Crippen molar-refractivity contribution >= 4 is 11.5 Å². The fraction of sp³-hybridized carbons (Fsp3) is 0.875. The molecule has 3 atom stereocenters. The quantitative estimate of drug-likeness (QED) is 0.844. The number of hydrogen-bond acceptors (Lipinski definition) is 6. The van der Waals surface area contributed by atoms with Crippen LogP contribution in [0.3, 0.4) is 0 Å². The van der Waals surface area contributed by atoms with Gasteiger partial charge in [0.25, 0.3) is 0 Å². The average molecular weight is 322 g/mol. The van der Waals surface area contributed by atoms with E-state index in [0.717, 1.165) is 56.3 Å². The first-order chi connectivity index (χ1) is 10.9. The van der Waals surface area contributed by atoms with Gasteiger partial charge in [-0.25, -0.2) is 0 Å². The van der Waals surface area contributed by atoms with Crippen molar-refractivity contribution in [3.8, 4) is 0 Å². The molecule has 122 valence electrons. The van der Waals surface area contributed by atoms with E-state index in [2.05, 4.69) is 24.8 Å². The van der Waals surface area contributed by atoms with Crippen molar-refractivity contribution in [3.63, 3.8) is 0 Å². The Morgan fingerprint density at radius 2 is 2.09 bits per heavy atom. The third-order valence-electron chi connectivity index (χ3n) is 5.71. The van der Waals surface area contributed by atoms with Gasteiger partial charge in [-0.1, -0.05) is 10.9 Å². The summed E-state index contributed by atoms with van der Waals surface area (Å²) in [6, 6.07) is 0. The Morgan fingerprint density at radius 3 is 2.91 bits per heavy atom. The molecular formula is C16H26N4OS. The first-order valence-corrected chi connectivity index (χ1v) is 9.50. The predicted molar refractivity (Wildman–Crippen MR) is 86.8 cm³/mol. The van der Waals surface area contributed by atoms with Crippen LogP contribution in [0.1, 0.15) is 25.0 Å². The van der Waals surface area contributed by atoms with Gasteiger partial charge in [0.1, 0.15) is 0 Å². The van der Waals surface area contributed by atoms with E-state index >= 15 is 0 Å². The molecule has 0 radical (unpaired) electrons. The second-order valence-corrected chi connectivity index (χ2v) is 7.73. The van der Waals surface area contributed by atoms with Gasteiger partial charge in [-0.15, -0.1) is 5.10 Å². The van der Waals surface area contributed by atoms with Gasteiger partial charge in [0.15, 0.2) is 0 Å². The molecule has 0 aromatic carbocycles. The lowest BCUT2D eigenvalue weighted by molar-refractivity contribution is 0.0192. The Bertz CT molecular complexity index is 463. The number of morpholine rings is 1. The van der Waals surface area contributed by atoms with Crippen LogP contribution in [0.2, 0.25) is 0 Å². The van der Waals surface area contributed by atoms with Crippen LogP contribution in [0.15, 0.2) is 5.38 Å². The summed E-state index contributed by atoms with van der Waals surface area (Å²) in [5, 5.41) is 6.30. The summed E-state index contributed by atoms with van der Waals surface area (Å²) in [6.07, 6.45) is 4.27. The predicted octanol–water partition coefficient (Wildman–Crippen LogP) is 1.72. The van der Waals surface area contributed by atoms with Crippen molar-refractivity contribution in [1.29, 1.82) is 0 Å². The minimum absolute atomic E-state index is 0.885. The number of nitrogens with zero attached hydrogens (tertiary/aromatic N) is 4. The van der Waals surface area contributed by atoms with Gasteiger partial charge in [0.2, 0.25) is 0 Å². The van der Waals surface area contributed by atoms with E-state index in [1.165, 1.54) is 50.4 Å². The number of hydrogen-bond donors (Lipinski definition) is 0. The normalized spacial score (nSPS) is 33.9. The SMILES string of the molecule is c1snnc1CN1C[C@@H]2CCC[C@H](CN3CCOCC3)[C@@H]2C1. The van der Waals surface area contributed by atoms with Gasteiger partial charge >= 0.3 is 0 Å². The Kier molecular flexibility index (Phi) is 4.71. The molecule has 3 fully saturated rings.